The topological polar surface area (TPSA) is 81.3 Å². The number of carbonyl (C=O) groups is 2. The third-order valence-corrected chi connectivity index (χ3v) is 7.28. The van der Waals surface area contributed by atoms with Crippen LogP contribution in [0.1, 0.15) is 50.1 Å². The number of aromatic nitrogens is 2. The van der Waals surface area contributed by atoms with Gasteiger partial charge in [-0.05, 0) is 76.2 Å². The molecule has 34 heavy (non-hydrogen) atoms. The van der Waals surface area contributed by atoms with Crippen molar-refractivity contribution in [2.24, 2.45) is 11.3 Å². The molecule has 0 radical (unpaired) electrons. The van der Waals surface area contributed by atoms with Crippen LogP contribution in [-0.4, -0.2) is 64.0 Å². The molecule has 1 atom stereocenters. The van der Waals surface area contributed by atoms with E-state index in [0.717, 1.165) is 48.4 Å². The number of nitrogens with zero attached hydrogens (tertiary/aromatic N) is 3. The fraction of sp³-hybridized carbons (Fsp3) is 0.577. The second-order valence-corrected chi connectivity index (χ2v) is 10.5. The van der Waals surface area contributed by atoms with Gasteiger partial charge in [0.1, 0.15) is 5.82 Å². The van der Waals surface area contributed by atoms with Crippen LogP contribution in [0.5, 0.6) is 0 Å². The van der Waals surface area contributed by atoms with E-state index in [9.17, 15) is 14.0 Å². The molecular weight excluding hydrogens is 433 g/mol. The summed E-state index contributed by atoms with van der Waals surface area (Å²) in [5.41, 5.74) is 2.91. The first-order valence-corrected chi connectivity index (χ1v) is 12.3. The lowest BCUT2D eigenvalue weighted by atomic mass is 9.75. The second kappa shape index (κ2) is 9.86. The van der Waals surface area contributed by atoms with E-state index < -0.39 is 0 Å². The van der Waals surface area contributed by atoms with Gasteiger partial charge in [-0.2, -0.15) is 5.10 Å². The van der Waals surface area contributed by atoms with E-state index >= 15 is 0 Å². The van der Waals surface area contributed by atoms with E-state index in [0.29, 0.717) is 32.0 Å². The number of likely N-dealkylation sites (tertiary alicyclic amines) is 2. The summed E-state index contributed by atoms with van der Waals surface area (Å²) in [6.45, 7) is 10.4. The van der Waals surface area contributed by atoms with Crippen molar-refractivity contribution in [3.8, 4) is 0 Å². The Bertz CT molecular complexity index is 1020. The quantitative estimate of drug-likeness (QED) is 0.648. The molecule has 2 saturated heterocycles. The summed E-state index contributed by atoms with van der Waals surface area (Å²) in [5, 5.41) is 9.97. The molecular formula is C26H36FN5O2. The lowest BCUT2D eigenvalue weighted by Crippen LogP contribution is -2.47. The lowest BCUT2D eigenvalue weighted by molar-refractivity contribution is -0.139. The minimum atomic E-state index is -0.377. The van der Waals surface area contributed by atoms with Gasteiger partial charge in [0, 0.05) is 12.6 Å². The lowest BCUT2D eigenvalue weighted by Gasteiger charge is -2.37. The Balaban J connectivity index is 1.40. The number of H-pyrrole nitrogens is 1. The number of halogens is 1. The predicted molar refractivity (Wildman–Crippen MR) is 130 cm³/mol. The summed E-state index contributed by atoms with van der Waals surface area (Å²) in [6, 6.07) is 6.79. The van der Waals surface area contributed by atoms with Crippen molar-refractivity contribution in [1.29, 1.82) is 0 Å². The van der Waals surface area contributed by atoms with Crippen LogP contribution in [0.2, 0.25) is 0 Å². The number of piperidine rings is 1. The van der Waals surface area contributed by atoms with Gasteiger partial charge < -0.3 is 10.2 Å². The van der Waals surface area contributed by atoms with Gasteiger partial charge in [0.15, 0.2) is 0 Å². The average Bonchev–Trinajstić information content (AvgIpc) is 3.21. The van der Waals surface area contributed by atoms with Gasteiger partial charge in [-0.1, -0.05) is 26.0 Å². The number of aromatic amines is 1. The molecule has 3 heterocycles. The Kier molecular flexibility index (Phi) is 7.07. The molecule has 2 aliphatic rings. The van der Waals surface area contributed by atoms with Crippen LogP contribution < -0.4 is 5.32 Å². The monoisotopic (exact) mass is 469 g/mol. The molecule has 2 amide bonds. The van der Waals surface area contributed by atoms with Gasteiger partial charge in [-0.15, -0.1) is 0 Å². The number of carbonyl (C=O) groups excluding carboxylic acids is 2. The number of hydrogen-bond donors (Lipinski definition) is 2. The number of hydrogen-bond acceptors (Lipinski definition) is 4. The maximum absolute atomic E-state index is 13.8. The van der Waals surface area contributed by atoms with Crippen LogP contribution in [0.15, 0.2) is 24.3 Å². The van der Waals surface area contributed by atoms with E-state index in [1.54, 1.807) is 12.1 Å². The summed E-state index contributed by atoms with van der Waals surface area (Å²) >= 11 is 0. The minimum absolute atomic E-state index is 0.0632. The molecule has 0 aliphatic carbocycles. The number of rotatable bonds is 7. The van der Waals surface area contributed by atoms with E-state index in [1.807, 2.05) is 24.8 Å². The number of amides is 2. The van der Waals surface area contributed by atoms with Crippen molar-refractivity contribution in [3.63, 3.8) is 0 Å². The molecule has 2 aliphatic heterocycles. The fourth-order valence-corrected chi connectivity index (χ4v) is 5.54. The summed E-state index contributed by atoms with van der Waals surface area (Å²) in [6.07, 6.45) is 2.96. The van der Waals surface area contributed by atoms with Crippen molar-refractivity contribution in [2.75, 3.05) is 31.5 Å². The van der Waals surface area contributed by atoms with Crippen LogP contribution >= 0.6 is 0 Å². The van der Waals surface area contributed by atoms with E-state index in [4.69, 9.17) is 0 Å². The van der Waals surface area contributed by atoms with E-state index in [1.165, 1.54) is 6.07 Å². The van der Waals surface area contributed by atoms with Crippen molar-refractivity contribution in [1.82, 2.24) is 20.0 Å². The smallest absolute Gasteiger partial charge is 0.238 e. The molecule has 8 heteroatoms. The molecule has 2 fully saturated rings. The Hall–Kier alpha value is -2.74. The zero-order valence-electron chi connectivity index (χ0n) is 20.7. The van der Waals surface area contributed by atoms with Crippen molar-refractivity contribution in [3.05, 3.63) is 47.0 Å². The normalized spacial score (nSPS) is 20.5. The molecule has 2 aromatic rings. The van der Waals surface area contributed by atoms with Crippen LogP contribution in [0.3, 0.4) is 0 Å². The van der Waals surface area contributed by atoms with Crippen LogP contribution in [0.25, 0.3) is 0 Å². The Morgan fingerprint density at radius 1 is 1.29 bits per heavy atom. The van der Waals surface area contributed by atoms with Gasteiger partial charge in [0.25, 0.3) is 0 Å². The summed E-state index contributed by atoms with van der Waals surface area (Å²) in [4.78, 5) is 30.4. The zero-order valence-corrected chi connectivity index (χ0v) is 20.7. The first kappa shape index (κ1) is 24.4. The third-order valence-electron chi connectivity index (χ3n) is 7.28. The van der Waals surface area contributed by atoms with E-state index in [2.05, 4.69) is 34.3 Å². The number of anilines is 1. The third kappa shape index (κ3) is 5.17. The predicted octanol–water partition coefficient (Wildman–Crippen LogP) is 3.69. The SMILES string of the molecule is Cc1n[nH]c(C)c1NC(=O)CN1CCC2(CC1)C[C@H](Cc1cccc(F)c1)N(CC(C)C)C2=O. The maximum Gasteiger partial charge on any atom is 0.238 e. The summed E-state index contributed by atoms with van der Waals surface area (Å²) in [7, 11) is 0. The fourth-order valence-electron chi connectivity index (χ4n) is 5.54. The Morgan fingerprint density at radius 2 is 2.03 bits per heavy atom. The highest BCUT2D eigenvalue weighted by atomic mass is 19.1. The number of nitrogens with one attached hydrogen (secondary N) is 2. The van der Waals surface area contributed by atoms with Gasteiger partial charge in [0.2, 0.25) is 11.8 Å². The molecule has 1 aromatic carbocycles. The number of benzene rings is 1. The minimum Gasteiger partial charge on any atom is -0.339 e. The van der Waals surface area contributed by atoms with Crippen LogP contribution in [-0.2, 0) is 16.0 Å². The number of aryl methyl sites for hydroxylation is 2. The molecule has 1 aromatic heterocycles. The Labute approximate surface area is 201 Å². The highest BCUT2D eigenvalue weighted by Crippen LogP contribution is 2.45. The van der Waals surface area contributed by atoms with Crippen LogP contribution in [0.4, 0.5) is 10.1 Å². The molecule has 4 rings (SSSR count). The Morgan fingerprint density at radius 3 is 2.65 bits per heavy atom. The standard InChI is InChI=1S/C26H36FN5O2/c1-17(2)15-32-22(13-20-6-5-7-21(27)12-20)14-26(25(32)34)8-10-31(11-9-26)16-23(33)28-24-18(3)29-30-19(24)4/h5-7,12,17,22H,8-11,13-16H2,1-4H3,(H,28,33)(H,29,30)/t22-/m0/s1. The molecule has 7 nitrogen and oxygen atoms in total. The van der Waals surface area contributed by atoms with Crippen LogP contribution in [0, 0.1) is 31.0 Å². The molecule has 1 spiro atoms. The van der Waals surface area contributed by atoms with Crippen molar-refractivity contribution in [2.45, 2.75) is 59.4 Å². The molecule has 0 saturated carbocycles. The first-order chi connectivity index (χ1) is 16.2. The van der Waals surface area contributed by atoms with Crippen molar-refractivity contribution >= 4 is 17.5 Å². The van der Waals surface area contributed by atoms with Gasteiger partial charge in [0.05, 0.1) is 29.0 Å². The maximum atomic E-state index is 13.8. The van der Waals surface area contributed by atoms with E-state index in [-0.39, 0.29) is 29.1 Å². The molecule has 2 N–H and O–H groups in total. The second-order valence-electron chi connectivity index (χ2n) is 10.5. The van der Waals surface area contributed by atoms with Crippen molar-refractivity contribution < 1.29 is 14.0 Å². The summed E-state index contributed by atoms with van der Waals surface area (Å²) < 4.78 is 13.8. The highest BCUT2D eigenvalue weighted by molar-refractivity contribution is 5.93. The average molecular weight is 470 g/mol. The molecule has 0 bridgehead atoms. The summed E-state index contributed by atoms with van der Waals surface area (Å²) in [5.74, 6) is 0.301. The van der Waals surface area contributed by atoms with Gasteiger partial charge in [-0.3, -0.25) is 19.6 Å². The largest absolute Gasteiger partial charge is 0.339 e. The first-order valence-electron chi connectivity index (χ1n) is 12.3. The zero-order chi connectivity index (χ0) is 24.5. The van der Waals surface area contributed by atoms with Gasteiger partial charge in [-0.25, -0.2) is 4.39 Å². The highest BCUT2D eigenvalue weighted by Gasteiger charge is 2.52. The van der Waals surface area contributed by atoms with Gasteiger partial charge >= 0.3 is 0 Å². The molecule has 0 unspecified atom stereocenters. The molecule has 184 valence electrons.